The Labute approximate surface area is 194 Å². The molecule has 2 aromatic carbocycles. The molecule has 3 aromatic rings. The lowest BCUT2D eigenvalue weighted by molar-refractivity contribution is -0.137. The topological polar surface area (TPSA) is 68.6 Å². The Morgan fingerprint density at radius 1 is 1.09 bits per heavy atom. The maximum absolute atomic E-state index is 12.7. The van der Waals surface area contributed by atoms with Crippen LogP contribution in [-0.4, -0.2) is 51.9 Å². The van der Waals surface area contributed by atoms with Crippen molar-refractivity contribution in [2.24, 2.45) is 0 Å². The van der Waals surface area contributed by atoms with Crippen LogP contribution in [0.1, 0.15) is 24.0 Å². The van der Waals surface area contributed by atoms with E-state index in [1.165, 1.54) is 29.0 Å². The van der Waals surface area contributed by atoms with Crippen LogP contribution >= 0.6 is 11.3 Å². The number of anilines is 2. The van der Waals surface area contributed by atoms with Crippen LogP contribution < -0.4 is 5.32 Å². The minimum atomic E-state index is -4.35. The molecule has 2 unspecified atom stereocenters. The van der Waals surface area contributed by atoms with Crippen LogP contribution in [0.2, 0.25) is 0 Å². The highest BCUT2D eigenvalue weighted by molar-refractivity contribution is 7.14. The van der Waals surface area contributed by atoms with E-state index in [4.69, 9.17) is 0 Å². The van der Waals surface area contributed by atoms with Crippen molar-refractivity contribution in [3.63, 3.8) is 0 Å². The predicted molar refractivity (Wildman–Crippen MR) is 124 cm³/mol. The van der Waals surface area contributed by atoms with Gasteiger partial charge in [-0.25, -0.2) is 4.98 Å². The number of likely N-dealkylation sites (tertiary alicyclic amines) is 1. The highest BCUT2D eigenvalue weighted by Gasteiger charge is 2.30. The standard InChI is InChI=1S/C24H26F3N3O2S/c25-24(26,27)18-5-3-17(4-6-18)22-15-33-23(29-22)28-19-7-1-16(2-8-19)9-11-30-12-10-21(32)13-20(30)14-31/h1-8,15,20-21,31-32H,9-14H2,(H,28,29). The van der Waals surface area contributed by atoms with Crippen LogP contribution in [0, 0.1) is 0 Å². The van der Waals surface area contributed by atoms with Gasteiger partial charge in [0.25, 0.3) is 0 Å². The number of nitrogens with zero attached hydrogens (tertiary/aromatic N) is 2. The van der Waals surface area contributed by atoms with E-state index in [2.05, 4.69) is 15.2 Å². The average molecular weight is 478 g/mol. The second kappa shape index (κ2) is 10.2. The Morgan fingerprint density at radius 3 is 2.48 bits per heavy atom. The number of nitrogens with one attached hydrogen (secondary N) is 1. The summed E-state index contributed by atoms with van der Waals surface area (Å²) in [6.45, 7) is 1.67. The molecule has 4 rings (SSSR count). The van der Waals surface area contributed by atoms with Gasteiger partial charge in [-0.05, 0) is 49.1 Å². The summed E-state index contributed by atoms with van der Waals surface area (Å²) in [6, 6.07) is 13.0. The first-order chi connectivity index (χ1) is 15.8. The number of aliphatic hydroxyl groups excluding tert-OH is 2. The summed E-state index contributed by atoms with van der Waals surface area (Å²) < 4.78 is 38.2. The van der Waals surface area contributed by atoms with E-state index in [0.717, 1.165) is 43.8 Å². The van der Waals surface area contributed by atoms with Crippen molar-refractivity contribution >= 4 is 22.2 Å². The van der Waals surface area contributed by atoms with E-state index in [9.17, 15) is 23.4 Å². The second-order valence-corrected chi connectivity index (χ2v) is 9.09. The lowest BCUT2D eigenvalue weighted by Crippen LogP contribution is -2.47. The monoisotopic (exact) mass is 477 g/mol. The van der Waals surface area contributed by atoms with Crippen LogP contribution in [0.15, 0.2) is 53.9 Å². The quantitative estimate of drug-likeness (QED) is 0.450. The van der Waals surface area contributed by atoms with Gasteiger partial charge in [-0.3, -0.25) is 4.90 Å². The smallest absolute Gasteiger partial charge is 0.395 e. The van der Waals surface area contributed by atoms with Gasteiger partial charge in [-0.1, -0.05) is 24.3 Å². The van der Waals surface area contributed by atoms with Gasteiger partial charge in [0, 0.05) is 35.8 Å². The third-order valence-corrected chi connectivity index (χ3v) is 6.68. The van der Waals surface area contributed by atoms with Crippen molar-refractivity contribution in [1.29, 1.82) is 0 Å². The Bertz CT molecular complexity index is 1040. The first-order valence-electron chi connectivity index (χ1n) is 10.8. The van der Waals surface area contributed by atoms with Crippen molar-refractivity contribution in [1.82, 2.24) is 9.88 Å². The number of rotatable bonds is 7. The van der Waals surface area contributed by atoms with Crippen molar-refractivity contribution < 1.29 is 23.4 Å². The molecule has 0 bridgehead atoms. The zero-order chi connectivity index (χ0) is 23.4. The first kappa shape index (κ1) is 23.7. The molecule has 1 saturated heterocycles. The van der Waals surface area contributed by atoms with Crippen molar-refractivity contribution in [2.45, 2.75) is 37.6 Å². The van der Waals surface area contributed by atoms with E-state index >= 15 is 0 Å². The molecule has 1 fully saturated rings. The third-order valence-electron chi connectivity index (χ3n) is 5.93. The molecule has 1 aliphatic rings. The van der Waals surface area contributed by atoms with Gasteiger partial charge < -0.3 is 15.5 Å². The van der Waals surface area contributed by atoms with Crippen LogP contribution in [0.5, 0.6) is 0 Å². The minimum Gasteiger partial charge on any atom is -0.395 e. The molecule has 2 heterocycles. The summed E-state index contributed by atoms with van der Waals surface area (Å²) in [5, 5.41) is 25.1. The molecule has 1 aliphatic heterocycles. The zero-order valence-corrected chi connectivity index (χ0v) is 18.7. The number of thiazole rings is 1. The Balaban J connectivity index is 1.33. The maximum Gasteiger partial charge on any atom is 0.416 e. The number of halogens is 3. The minimum absolute atomic E-state index is 0.0125. The Kier molecular flexibility index (Phi) is 7.33. The number of hydrogen-bond acceptors (Lipinski definition) is 6. The van der Waals surface area contributed by atoms with E-state index < -0.39 is 11.7 Å². The van der Waals surface area contributed by atoms with Gasteiger partial charge in [0.05, 0.1) is 24.0 Å². The largest absolute Gasteiger partial charge is 0.416 e. The molecular weight excluding hydrogens is 451 g/mol. The number of aliphatic hydroxyl groups is 2. The number of alkyl halides is 3. The molecule has 0 radical (unpaired) electrons. The van der Waals surface area contributed by atoms with Gasteiger partial charge in [0.1, 0.15) is 0 Å². The van der Waals surface area contributed by atoms with E-state index in [1.54, 1.807) is 0 Å². The molecule has 5 nitrogen and oxygen atoms in total. The van der Waals surface area contributed by atoms with Gasteiger partial charge >= 0.3 is 6.18 Å². The molecule has 0 amide bonds. The molecule has 0 aliphatic carbocycles. The van der Waals surface area contributed by atoms with Crippen LogP contribution in [0.4, 0.5) is 24.0 Å². The Morgan fingerprint density at radius 2 is 1.82 bits per heavy atom. The molecule has 176 valence electrons. The number of aromatic nitrogens is 1. The van der Waals surface area contributed by atoms with Crippen molar-refractivity contribution in [2.75, 3.05) is 25.0 Å². The van der Waals surface area contributed by atoms with Gasteiger partial charge in [0.15, 0.2) is 5.13 Å². The zero-order valence-electron chi connectivity index (χ0n) is 17.9. The third kappa shape index (κ3) is 6.11. The fourth-order valence-electron chi connectivity index (χ4n) is 4.01. The second-order valence-electron chi connectivity index (χ2n) is 8.24. The summed E-state index contributed by atoms with van der Waals surface area (Å²) >= 11 is 1.39. The summed E-state index contributed by atoms with van der Waals surface area (Å²) in [4.78, 5) is 6.72. The fraction of sp³-hybridized carbons (Fsp3) is 0.375. The summed E-state index contributed by atoms with van der Waals surface area (Å²) in [6.07, 6.45) is -2.48. The lowest BCUT2D eigenvalue weighted by Gasteiger charge is -2.36. The Hall–Kier alpha value is -2.46. The number of benzene rings is 2. The SMILES string of the molecule is OCC1CC(O)CCN1CCc1ccc(Nc2nc(-c3ccc(C(F)(F)F)cc3)cs2)cc1. The van der Waals surface area contributed by atoms with Crippen molar-refractivity contribution in [3.05, 3.63) is 65.0 Å². The highest BCUT2D eigenvalue weighted by atomic mass is 32.1. The van der Waals surface area contributed by atoms with E-state index in [0.29, 0.717) is 22.8 Å². The van der Waals surface area contributed by atoms with E-state index in [1.807, 2.05) is 29.6 Å². The predicted octanol–water partition coefficient (Wildman–Crippen LogP) is 4.93. The fourth-order valence-corrected chi connectivity index (χ4v) is 4.75. The molecular formula is C24H26F3N3O2S. The van der Waals surface area contributed by atoms with Crippen LogP contribution in [0.25, 0.3) is 11.3 Å². The van der Waals surface area contributed by atoms with Crippen LogP contribution in [0.3, 0.4) is 0 Å². The summed E-state index contributed by atoms with van der Waals surface area (Å²) in [5.74, 6) is 0. The van der Waals surface area contributed by atoms with Crippen molar-refractivity contribution in [3.8, 4) is 11.3 Å². The van der Waals surface area contributed by atoms with Gasteiger partial charge in [-0.2, -0.15) is 13.2 Å². The molecule has 0 saturated carbocycles. The normalized spacial score (nSPS) is 19.5. The average Bonchev–Trinajstić information content (AvgIpc) is 3.27. The lowest BCUT2D eigenvalue weighted by atomic mass is 9.99. The molecule has 3 N–H and O–H groups in total. The van der Waals surface area contributed by atoms with Gasteiger partial charge in [0.2, 0.25) is 0 Å². The van der Waals surface area contributed by atoms with Crippen LogP contribution in [-0.2, 0) is 12.6 Å². The number of hydrogen-bond donors (Lipinski definition) is 3. The summed E-state index contributed by atoms with van der Waals surface area (Å²) in [5.41, 5.74) is 2.63. The highest BCUT2D eigenvalue weighted by Crippen LogP contribution is 2.32. The molecule has 1 aromatic heterocycles. The molecule has 33 heavy (non-hydrogen) atoms. The maximum atomic E-state index is 12.7. The van der Waals surface area contributed by atoms with Gasteiger partial charge in [-0.15, -0.1) is 11.3 Å². The summed E-state index contributed by atoms with van der Waals surface area (Å²) in [7, 11) is 0. The number of piperidine rings is 1. The molecule has 9 heteroatoms. The van der Waals surface area contributed by atoms with E-state index in [-0.39, 0.29) is 18.8 Å². The molecule has 0 spiro atoms. The molecule has 2 atom stereocenters. The first-order valence-corrected chi connectivity index (χ1v) is 11.7.